The average Bonchev–Trinajstić information content (AvgIpc) is 2.82. The summed E-state index contributed by atoms with van der Waals surface area (Å²) >= 11 is 0. The maximum absolute atomic E-state index is 13.8. The number of hydrogen-bond donors (Lipinski definition) is 1. The van der Waals surface area contributed by atoms with Crippen molar-refractivity contribution in [3.63, 3.8) is 0 Å². The fourth-order valence-corrected chi connectivity index (χ4v) is 2.62. The quantitative estimate of drug-likeness (QED) is 0.888. The zero-order chi connectivity index (χ0) is 13.1. The molecule has 18 heavy (non-hydrogen) atoms. The van der Waals surface area contributed by atoms with Crippen LogP contribution in [0.4, 0.5) is 8.78 Å². The van der Waals surface area contributed by atoms with Crippen LogP contribution in [0.1, 0.15) is 24.4 Å². The second-order valence-electron chi connectivity index (χ2n) is 5.24. The van der Waals surface area contributed by atoms with Crippen molar-refractivity contribution in [1.82, 2.24) is 10.2 Å². The molecule has 0 radical (unpaired) electrons. The molecule has 1 fully saturated rings. The highest BCUT2D eigenvalue weighted by atomic mass is 19.1. The Balaban J connectivity index is 2.20. The summed E-state index contributed by atoms with van der Waals surface area (Å²) in [5.41, 5.74) is 0.465. The van der Waals surface area contributed by atoms with Crippen LogP contribution in [0.25, 0.3) is 0 Å². The van der Waals surface area contributed by atoms with E-state index in [0.717, 1.165) is 25.9 Å². The smallest absolute Gasteiger partial charge is 0.128 e. The summed E-state index contributed by atoms with van der Waals surface area (Å²) in [5.74, 6) is -0.149. The van der Waals surface area contributed by atoms with E-state index in [4.69, 9.17) is 0 Å². The molecular formula is C14H20F2N2. The first kappa shape index (κ1) is 13.4. The number of nitrogens with one attached hydrogen (secondary N) is 1. The van der Waals surface area contributed by atoms with Gasteiger partial charge in [0.25, 0.3) is 0 Å². The van der Waals surface area contributed by atoms with Crippen molar-refractivity contribution in [2.24, 2.45) is 5.92 Å². The minimum absolute atomic E-state index is 0.0643. The highest BCUT2D eigenvalue weighted by Crippen LogP contribution is 2.30. The van der Waals surface area contributed by atoms with Crippen LogP contribution >= 0.6 is 0 Å². The van der Waals surface area contributed by atoms with Crippen LogP contribution in [0.5, 0.6) is 0 Å². The number of benzene rings is 1. The molecule has 0 amide bonds. The van der Waals surface area contributed by atoms with Crippen molar-refractivity contribution in [2.75, 3.05) is 27.2 Å². The maximum atomic E-state index is 13.8. The van der Waals surface area contributed by atoms with Gasteiger partial charge in [0.2, 0.25) is 0 Å². The van der Waals surface area contributed by atoms with Crippen LogP contribution in [0.3, 0.4) is 0 Å². The molecule has 0 bridgehead atoms. The van der Waals surface area contributed by atoms with Gasteiger partial charge in [-0.2, -0.15) is 0 Å². The maximum Gasteiger partial charge on any atom is 0.128 e. The molecule has 1 saturated heterocycles. The van der Waals surface area contributed by atoms with E-state index < -0.39 is 0 Å². The van der Waals surface area contributed by atoms with Crippen LogP contribution in [0.2, 0.25) is 0 Å². The normalized spacial score (nSPS) is 21.5. The Labute approximate surface area is 107 Å². The number of hydrogen-bond acceptors (Lipinski definition) is 2. The number of halogens is 2. The predicted molar refractivity (Wildman–Crippen MR) is 68.4 cm³/mol. The van der Waals surface area contributed by atoms with E-state index in [9.17, 15) is 8.78 Å². The molecule has 100 valence electrons. The van der Waals surface area contributed by atoms with E-state index in [1.807, 2.05) is 19.0 Å². The molecule has 0 spiro atoms. The molecule has 2 atom stereocenters. The zero-order valence-corrected chi connectivity index (χ0v) is 10.9. The van der Waals surface area contributed by atoms with Crippen LogP contribution in [-0.4, -0.2) is 32.1 Å². The predicted octanol–water partition coefficient (Wildman–Crippen LogP) is 2.57. The van der Waals surface area contributed by atoms with Crippen LogP contribution < -0.4 is 5.32 Å². The van der Waals surface area contributed by atoms with Crippen LogP contribution in [-0.2, 0) is 0 Å². The highest BCUT2D eigenvalue weighted by molar-refractivity contribution is 5.22. The lowest BCUT2D eigenvalue weighted by Gasteiger charge is -2.27. The Bertz CT molecular complexity index is 401. The molecule has 0 aliphatic carbocycles. The molecule has 1 N–H and O–H groups in total. The van der Waals surface area contributed by atoms with E-state index >= 15 is 0 Å². The molecule has 1 aliphatic heterocycles. The standard InChI is InChI=1S/C14H20F2N2/c1-18(2)14(7-10-5-6-17-9-10)12-8-11(15)3-4-13(12)16/h3-4,8,10,14,17H,5-7,9H2,1-2H3. The molecule has 2 unspecified atom stereocenters. The van der Waals surface area contributed by atoms with Crippen molar-refractivity contribution in [1.29, 1.82) is 0 Å². The minimum atomic E-state index is -0.372. The van der Waals surface area contributed by atoms with Crippen LogP contribution in [0.15, 0.2) is 18.2 Å². The van der Waals surface area contributed by atoms with Gasteiger partial charge >= 0.3 is 0 Å². The Hall–Kier alpha value is -1.00. The van der Waals surface area contributed by atoms with Crippen molar-refractivity contribution in [2.45, 2.75) is 18.9 Å². The molecule has 1 aromatic carbocycles. The second-order valence-corrected chi connectivity index (χ2v) is 5.24. The van der Waals surface area contributed by atoms with Crippen molar-refractivity contribution in [3.05, 3.63) is 35.4 Å². The van der Waals surface area contributed by atoms with Crippen molar-refractivity contribution < 1.29 is 8.78 Å². The van der Waals surface area contributed by atoms with E-state index in [0.29, 0.717) is 11.5 Å². The van der Waals surface area contributed by atoms with Gasteiger partial charge < -0.3 is 10.2 Å². The summed E-state index contributed by atoms with van der Waals surface area (Å²) in [6.07, 6.45) is 1.97. The molecule has 1 aromatic rings. The van der Waals surface area contributed by atoms with Gasteiger partial charge in [-0.15, -0.1) is 0 Å². The molecule has 0 saturated carbocycles. The van der Waals surface area contributed by atoms with E-state index in [-0.39, 0.29) is 17.7 Å². The first-order valence-corrected chi connectivity index (χ1v) is 6.40. The van der Waals surface area contributed by atoms with Gasteiger partial charge in [0.05, 0.1) is 0 Å². The molecule has 4 heteroatoms. The lowest BCUT2D eigenvalue weighted by atomic mass is 9.93. The van der Waals surface area contributed by atoms with Crippen LogP contribution in [0, 0.1) is 17.6 Å². The zero-order valence-electron chi connectivity index (χ0n) is 10.9. The molecule has 1 aliphatic rings. The van der Waals surface area contributed by atoms with Gasteiger partial charge in [-0.05, 0) is 64.1 Å². The summed E-state index contributed by atoms with van der Waals surface area (Å²) < 4.78 is 27.1. The lowest BCUT2D eigenvalue weighted by molar-refractivity contribution is 0.246. The Morgan fingerprint density at radius 1 is 1.39 bits per heavy atom. The van der Waals surface area contributed by atoms with Crippen molar-refractivity contribution in [3.8, 4) is 0 Å². The minimum Gasteiger partial charge on any atom is -0.316 e. The SMILES string of the molecule is CN(C)C(CC1CCNC1)c1cc(F)ccc1F. The Morgan fingerprint density at radius 3 is 2.78 bits per heavy atom. The van der Waals surface area contributed by atoms with Gasteiger partial charge in [-0.25, -0.2) is 8.78 Å². The van der Waals surface area contributed by atoms with Gasteiger partial charge in [-0.3, -0.25) is 0 Å². The molecule has 2 nitrogen and oxygen atoms in total. The fourth-order valence-electron chi connectivity index (χ4n) is 2.62. The Kier molecular flexibility index (Phi) is 4.30. The van der Waals surface area contributed by atoms with E-state index in [1.54, 1.807) is 0 Å². The van der Waals surface area contributed by atoms with Gasteiger partial charge in [0.15, 0.2) is 0 Å². The molecular weight excluding hydrogens is 234 g/mol. The monoisotopic (exact) mass is 254 g/mol. The summed E-state index contributed by atoms with van der Waals surface area (Å²) in [4.78, 5) is 1.97. The summed E-state index contributed by atoms with van der Waals surface area (Å²) in [6, 6.07) is 3.64. The largest absolute Gasteiger partial charge is 0.316 e. The van der Waals surface area contributed by atoms with E-state index in [1.165, 1.54) is 18.2 Å². The third-order valence-corrected chi connectivity index (χ3v) is 3.66. The third kappa shape index (κ3) is 3.06. The van der Waals surface area contributed by atoms with Gasteiger partial charge in [-0.1, -0.05) is 0 Å². The third-order valence-electron chi connectivity index (χ3n) is 3.66. The molecule has 1 heterocycles. The van der Waals surface area contributed by atoms with Gasteiger partial charge in [0.1, 0.15) is 11.6 Å². The second kappa shape index (κ2) is 5.76. The number of nitrogens with zero attached hydrogens (tertiary/aromatic N) is 1. The number of rotatable bonds is 4. The lowest BCUT2D eigenvalue weighted by Crippen LogP contribution is -2.24. The van der Waals surface area contributed by atoms with Gasteiger partial charge in [0, 0.05) is 11.6 Å². The topological polar surface area (TPSA) is 15.3 Å². The van der Waals surface area contributed by atoms with Crippen molar-refractivity contribution >= 4 is 0 Å². The fraction of sp³-hybridized carbons (Fsp3) is 0.571. The first-order valence-electron chi connectivity index (χ1n) is 6.40. The molecule has 0 aromatic heterocycles. The van der Waals surface area contributed by atoms with E-state index in [2.05, 4.69) is 5.32 Å². The molecule has 2 rings (SSSR count). The summed E-state index contributed by atoms with van der Waals surface area (Å²) in [5, 5.41) is 3.31. The highest BCUT2D eigenvalue weighted by Gasteiger charge is 2.24. The Morgan fingerprint density at radius 2 is 2.17 bits per heavy atom. The first-order chi connectivity index (χ1) is 8.58. The summed E-state index contributed by atoms with van der Waals surface area (Å²) in [6.45, 7) is 2.00. The summed E-state index contributed by atoms with van der Waals surface area (Å²) in [7, 11) is 3.83. The average molecular weight is 254 g/mol.